The second-order valence-electron chi connectivity index (χ2n) is 11.5. The van der Waals surface area contributed by atoms with Gasteiger partial charge >= 0.3 is 6.09 Å². The van der Waals surface area contributed by atoms with E-state index in [0.29, 0.717) is 0 Å². The Bertz CT molecular complexity index is 1190. The van der Waals surface area contributed by atoms with E-state index < -0.39 is 61.1 Å². The van der Waals surface area contributed by atoms with Crippen molar-refractivity contribution in [3.05, 3.63) is 71.8 Å². The maximum Gasteiger partial charge on any atom is 0.412 e. The fraction of sp³-hybridized carbons (Fsp3) is 0.562. The summed E-state index contributed by atoms with van der Waals surface area (Å²) in [4.78, 5) is 26.7. The molecule has 0 saturated carbocycles. The first-order chi connectivity index (χ1) is 21.1. The predicted octanol–water partition coefficient (Wildman–Crippen LogP) is 2.15. The van der Waals surface area contributed by atoms with Gasteiger partial charge in [0.1, 0.15) is 37.7 Å². The molecule has 4 rings (SSSR count). The molecule has 0 aliphatic carbocycles. The lowest BCUT2D eigenvalue weighted by Gasteiger charge is -2.47. The summed E-state index contributed by atoms with van der Waals surface area (Å²) in [5.41, 5.74) is 1.67. The highest BCUT2D eigenvalue weighted by atomic mass is 16.7. The first-order valence-electron chi connectivity index (χ1n) is 14.9. The van der Waals surface area contributed by atoms with Crippen molar-refractivity contribution in [3.63, 3.8) is 0 Å². The zero-order valence-corrected chi connectivity index (χ0v) is 25.5. The molecule has 2 fully saturated rings. The van der Waals surface area contributed by atoms with Crippen molar-refractivity contribution < 1.29 is 48.6 Å². The molecule has 2 aromatic carbocycles. The molecule has 4 N–H and O–H groups in total. The SMILES string of the molecule is CC(=O)NC1[C@H](OCN(Cc2ccccc2)C(=O)OCc2ccccc2)OC(C)[C@@H](O[C@@H]2OC(CO)[C@@H](C)[C@H](C)C2O)[C@@H]1O. The van der Waals surface area contributed by atoms with Crippen LogP contribution in [-0.2, 0) is 41.6 Å². The van der Waals surface area contributed by atoms with Gasteiger partial charge in [-0.3, -0.25) is 9.69 Å². The Morgan fingerprint density at radius 2 is 1.52 bits per heavy atom. The summed E-state index contributed by atoms with van der Waals surface area (Å²) < 4.78 is 29.5. The highest BCUT2D eigenvalue weighted by Crippen LogP contribution is 2.34. The monoisotopic (exact) mass is 616 g/mol. The lowest BCUT2D eigenvalue weighted by Crippen LogP contribution is -2.65. The largest absolute Gasteiger partial charge is 0.444 e. The maximum atomic E-state index is 13.2. The van der Waals surface area contributed by atoms with E-state index in [0.717, 1.165) is 11.1 Å². The third-order valence-corrected chi connectivity index (χ3v) is 8.27. The van der Waals surface area contributed by atoms with Crippen LogP contribution in [-0.4, -0.2) is 94.7 Å². The van der Waals surface area contributed by atoms with Crippen LogP contribution < -0.4 is 5.32 Å². The molecule has 12 heteroatoms. The fourth-order valence-corrected chi connectivity index (χ4v) is 5.43. The van der Waals surface area contributed by atoms with Gasteiger partial charge in [-0.15, -0.1) is 0 Å². The smallest absolute Gasteiger partial charge is 0.412 e. The standard InChI is InChI=1S/C32H44N2O10/c1-19-20(2)27(37)31(43-25(19)16-35)44-29-21(3)42-30(26(28(29)38)33-22(4)36)41-18-34(15-23-11-7-5-8-12-23)32(39)40-17-24-13-9-6-10-14-24/h5-14,19-21,25-31,35,37-38H,15-18H2,1-4H3,(H,33,36)/t19-,20-,21?,25?,26?,27?,28+,29+,30+,31-/m0/s1. The van der Waals surface area contributed by atoms with E-state index in [1.54, 1.807) is 6.92 Å². The van der Waals surface area contributed by atoms with Gasteiger partial charge < -0.3 is 44.3 Å². The van der Waals surface area contributed by atoms with Crippen LogP contribution >= 0.6 is 0 Å². The van der Waals surface area contributed by atoms with Crippen LogP contribution in [0.3, 0.4) is 0 Å². The fourth-order valence-electron chi connectivity index (χ4n) is 5.43. The minimum atomic E-state index is -1.33. The van der Waals surface area contributed by atoms with Crippen LogP contribution in [0.4, 0.5) is 4.79 Å². The van der Waals surface area contributed by atoms with Gasteiger partial charge in [-0.05, 0) is 29.9 Å². The van der Waals surface area contributed by atoms with Gasteiger partial charge in [0.15, 0.2) is 12.6 Å². The number of aliphatic hydroxyl groups is 3. The highest BCUT2D eigenvalue weighted by Gasteiger charge is 2.49. The van der Waals surface area contributed by atoms with Gasteiger partial charge in [0.05, 0.1) is 25.4 Å². The van der Waals surface area contributed by atoms with Crippen LogP contribution in [0.15, 0.2) is 60.7 Å². The summed E-state index contributed by atoms with van der Waals surface area (Å²) in [5, 5.41) is 34.7. The molecule has 242 valence electrons. The summed E-state index contributed by atoms with van der Waals surface area (Å²) in [5.74, 6) is -0.815. The second-order valence-corrected chi connectivity index (χ2v) is 11.5. The molecular formula is C32H44N2O10. The zero-order valence-electron chi connectivity index (χ0n) is 25.5. The van der Waals surface area contributed by atoms with Crippen molar-refractivity contribution in [1.29, 1.82) is 0 Å². The van der Waals surface area contributed by atoms with Crippen LogP contribution in [0.2, 0.25) is 0 Å². The summed E-state index contributed by atoms with van der Waals surface area (Å²) in [6.45, 7) is 6.39. The van der Waals surface area contributed by atoms with Crippen LogP contribution in [0.5, 0.6) is 0 Å². The molecule has 2 aliphatic heterocycles. The molecular weight excluding hydrogens is 572 g/mol. The first kappa shape index (κ1) is 33.8. The summed E-state index contributed by atoms with van der Waals surface area (Å²) in [6.07, 6.45) is -7.63. The van der Waals surface area contributed by atoms with E-state index >= 15 is 0 Å². The van der Waals surface area contributed by atoms with E-state index in [1.165, 1.54) is 11.8 Å². The third-order valence-electron chi connectivity index (χ3n) is 8.27. The molecule has 0 spiro atoms. The molecule has 0 bridgehead atoms. The van der Waals surface area contributed by atoms with E-state index in [-0.39, 0.29) is 38.3 Å². The van der Waals surface area contributed by atoms with Gasteiger partial charge in [0.25, 0.3) is 0 Å². The second kappa shape index (κ2) is 15.8. The van der Waals surface area contributed by atoms with E-state index in [4.69, 9.17) is 23.7 Å². The Hall–Kier alpha value is -3.10. The van der Waals surface area contributed by atoms with Crippen LogP contribution in [0, 0.1) is 11.8 Å². The maximum absolute atomic E-state index is 13.2. The lowest BCUT2D eigenvalue weighted by molar-refractivity contribution is -0.335. The minimum absolute atomic E-state index is 0.0673. The van der Waals surface area contributed by atoms with Crippen LogP contribution in [0.25, 0.3) is 0 Å². The Labute approximate surface area is 257 Å². The number of hydrogen-bond acceptors (Lipinski definition) is 10. The molecule has 12 nitrogen and oxygen atoms in total. The first-order valence-corrected chi connectivity index (χ1v) is 14.9. The molecule has 2 amide bonds. The predicted molar refractivity (Wildman–Crippen MR) is 157 cm³/mol. The van der Waals surface area contributed by atoms with Gasteiger partial charge in [0, 0.05) is 6.92 Å². The molecule has 0 radical (unpaired) electrons. The molecule has 2 aliphatic rings. The molecule has 2 heterocycles. The number of ether oxygens (including phenoxy) is 5. The highest BCUT2D eigenvalue weighted by molar-refractivity contribution is 5.73. The number of aliphatic hydroxyl groups excluding tert-OH is 3. The third kappa shape index (κ3) is 8.54. The number of rotatable bonds is 11. The van der Waals surface area contributed by atoms with Crippen molar-refractivity contribution in [2.75, 3.05) is 13.3 Å². The average Bonchev–Trinajstić information content (AvgIpc) is 3.02. The molecule has 4 unspecified atom stereocenters. The Balaban J connectivity index is 1.46. The van der Waals surface area contributed by atoms with Crippen LogP contribution in [0.1, 0.15) is 38.8 Å². The summed E-state index contributed by atoms with van der Waals surface area (Å²) >= 11 is 0. The van der Waals surface area contributed by atoms with Crippen molar-refractivity contribution in [1.82, 2.24) is 10.2 Å². The van der Waals surface area contributed by atoms with E-state index in [9.17, 15) is 24.9 Å². The zero-order chi connectivity index (χ0) is 31.8. The van der Waals surface area contributed by atoms with Crippen molar-refractivity contribution >= 4 is 12.0 Å². The topological polar surface area (TPSA) is 156 Å². The molecule has 10 atom stereocenters. The quantitative estimate of drug-likeness (QED) is 0.276. The van der Waals surface area contributed by atoms with Crippen molar-refractivity contribution in [2.24, 2.45) is 11.8 Å². The minimum Gasteiger partial charge on any atom is -0.444 e. The summed E-state index contributed by atoms with van der Waals surface area (Å²) in [6, 6.07) is 17.5. The van der Waals surface area contributed by atoms with Gasteiger partial charge in [-0.25, -0.2) is 4.79 Å². The average molecular weight is 617 g/mol. The molecule has 2 aromatic rings. The molecule has 2 saturated heterocycles. The normalized spacial score (nSPS) is 32.1. The molecule has 44 heavy (non-hydrogen) atoms. The lowest BCUT2D eigenvalue weighted by atomic mass is 9.83. The van der Waals surface area contributed by atoms with Gasteiger partial charge in [-0.2, -0.15) is 0 Å². The number of hydrogen-bond donors (Lipinski definition) is 4. The van der Waals surface area contributed by atoms with Gasteiger partial charge in [-0.1, -0.05) is 74.5 Å². The number of carbonyl (C=O) groups is 2. The molecule has 0 aromatic heterocycles. The number of amides is 2. The Morgan fingerprint density at radius 1 is 0.886 bits per heavy atom. The van der Waals surface area contributed by atoms with Crippen molar-refractivity contribution in [2.45, 2.75) is 90.0 Å². The Kier molecular flexibility index (Phi) is 12.1. The number of benzene rings is 2. The number of nitrogens with zero attached hydrogens (tertiary/aromatic N) is 1. The number of carbonyl (C=O) groups excluding carboxylic acids is 2. The van der Waals surface area contributed by atoms with E-state index in [2.05, 4.69) is 5.32 Å². The number of nitrogens with one attached hydrogen (secondary N) is 1. The van der Waals surface area contributed by atoms with E-state index in [1.807, 2.05) is 74.5 Å². The van der Waals surface area contributed by atoms with Gasteiger partial charge in [0.2, 0.25) is 5.91 Å². The van der Waals surface area contributed by atoms with Crippen molar-refractivity contribution in [3.8, 4) is 0 Å². The Morgan fingerprint density at radius 3 is 2.14 bits per heavy atom. The summed E-state index contributed by atoms with van der Waals surface area (Å²) in [7, 11) is 0.